The zero-order valence-corrected chi connectivity index (χ0v) is 16.4. The zero-order chi connectivity index (χ0) is 19.0. The van der Waals surface area contributed by atoms with Crippen LogP contribution in [0.15, 0.2) is 24.4 Å². The lowest BCUT2D eigenvalue weighted by Gasteiger charge is -2.35. The average molecular weight is 370 g/mol. The Morgan fingerprint density at radius 2 is 2.00 bits per heavy atom. The fraction of sp³-hybridized carbons (Fsp3) is 0.667. The van der Waals surface area contributed by atoms with Gasteiger partial charge < -0.3 is 14.7 Å². The molecule has 1 saturated carbocycles. The number of likely N-dealkylation sites (tertiary alicyclic amines) is 1. The molecule has 27 heavy (non-hydrogen) atoms. The summed E-state index contributed by atoms with van der Waals surface area (Å²) in [7, 11) is 3.69. The van der Waals surface area contributed by atoms with Crippen molar-refractivity contribution < 1.29 is 9.59 Å². The van der Waals surface area contributed by atoms with Crippen molar-refractivity contribution in [3.63, 3.8) is 0 Å². The molecular formula is C21H30N4O2. The van der Waals surface area contributed by atoms with Gasteiger partial charge in [0.05, 0.1) is 5.41 Å². The summed E-state index contributed by atoms with van der Waals surface area (Å²) in [6.07, 6.45) is 6.77. The van der Waals surface area contributed by atoms with Gasteiger partial charge in [0.15, 0.2) is 0 Å². The number of pyridine rings is 1. The monoisotopic (exact) mass is 370 g/mol. The molecule has 146 valence electrons. The molecule has 3 heterocycles. The lowest BCUT2D eigenvalue weighted by molar-refractivity contribution is -0.143. The Hall–Kier alpha value is -2.11. The second kappa shape index (κ2) is 7.13. The first kappa shape index (κ1) is 18.3. The van der Waals surface area contributed by atoms with Gasteiger partial charge in [-0.1, -0.05) is 12.5 Å². The highest BCUT2D eigenvalue weighted by Gasteiger charge is 2.54. The average Bonchev–Trinajstić information content (AvgIpc) is 2.89. The van der Waals surface area contributed by atoms with Crippen LogP contribution < -0.4 is 4.90 Å². The Bertz CT molecular complexity index is 703. The van der Waals surface area contributed by atoms with Gasteiger partial charge in [0.25, 0.3) is 0 Å². The lowest BCUT2D eigenvalue weighted by atomic mass is 9.74. The molecule has 6 heteroatoms. The Kier molecular flexibility index (Phi) is 4.82. The van der Waals surface area contributed by atoms with Crippen molar-refractivity contribution in [1.29, 1.82) is 0 Å². The maximum Gasteiger partial charge on any atom is 0.230 e. The van der Waals surface area contributed by atoms with Gasteiger partial charge in [-0.3, -0.25) is 9.59 Å². The Morgan fingerprint density at radius 3 is 2.63 bits per heavy atom. The summed E-state index contributed by atoms with van der Waals surface area (Å²) in [5.74, 6) is 1.80. The molecule has 1 aliphatic carbocycles. The van der Waals surface area contributed by atoms with Gasteiger partial charge in [-0.15, -0.1) is 0 Å². The van der Waals surface area contributed by atoms with E-state index < -0.39 is 5.41 Å². The molecule has 3 fully saturated rings. The number of carbonyl (C=O) groups excluding carboxylic acids is 2. The molecule has 0 bridgehead atoms. The van der Waals surface area contributed by atoms with Crippen molar-refractivity contribution in [1.82, 2.24) is 14.8 Å². The van der Waals surface area contributed by atoms with Crippen molar-refractivity contribution in [2.24, 2.45) is 17.3 Å². The van der Waals surface area contributed by atoms with Crippen molar-refractivity contribution in [3.8, 4) is 0 Å². The van der Waals surface area contributed by atoms with Crippen molar-refractivity contribution in [2.75, 3.05) is 45.2 Å². The molecule has 1 aromatic rings. The SMILES string of the molecule is CN(C)C(=O)[C@]12CCCN(C(=O)C3CCC3)C[C@H]1CN(c1ccccn1)C2. The summed E-state index contributed by atoms with van der Waals surface area (Å²) in [6.45, 7) is 2.96. The second-order valence-electron chi connectivity index (χ2n) is 8.64. The van der Waals surface area contributed by atoms with Crippen LogP contribution in [0.5, 0.6) is 0 Å². The van der Waals surface area contributed by atoms with Crippen LogP contribution in [0.4, 0.5) is 5.82 Å². The van der Waals surface area contributed by atoms with E-state index in [2.05, 4.69) is 14.8 Å². The highest BCUT2D eigenvalue weighted by Crippen LogP contribution is 2.45. The molecule has 6 nitrogen and oxygen atoms in total. The molecule has 0 spiro atoms. The molecule has 0 aromatic carbocycles. The van der Waals surface area contributed by atoms with E-state index in [-0.39, 0.29) is 17.7 Å². The van der Waals surface area contributed by atoms with Crippen LogP contribution in [-0.2, 0) is 9.59 Å². The summed E-state index contributed by atoms with van der Waals surface area (Å²) < 4.78 is 0. The molecule has 0 unspecified atom stereocenters. The van der Waals surface area contributed by atoms with Gasteiger partial charge in [-0.05, 0) is 37.8 Å². The topological polar surface area (TPSA) is 56.8 Å². The first-order valence-electron chi connectivity index (χ1n) is 10.2. The number of fused-ring (bicyclic) bond motifs is 1. The molecule has 4 rings (SSSR count). The zero-order valence-electron chi connectivity index (χ0n) is 16.4. The Balaban J connectivity index is 1.61. The largest absolute Gasteiger partial charge is 0.355 e. The quantitative estimate of drug-likeness (QED) is 0.817. The predicted octanol–water partition coefficient (Wildman–Crippen LogP) is 2.01. The highest BCUT2D eigenvalue weighted by atomic mass is 16.2. The maximum atomic E-state index is 13.3. The van der Waals surface area contributed by atoms with E-state index in [1.807, 2.05) is 32.3 Å². The van der Waals surface area contributed by atoms with Gasteiger partial charge >= 0.3 is 0 Å². The predicted molar refractivity (Wildman–Crippen MR) is 104 cm³/mol. The van der Waals surface area contributed by atoms with Crippen molar-refractivity contribution >= 4 is 17.6 Å². The number of aromatic nitrogens is 1. The number of rotatable bonds is 3. The number of hydrogen-bond donors (Lipinski definition) is 0. The van der Waals surface area contributed by atoms with Crippen LogP contribution in [0.1, 0.15) is 32.1 Å². The fourth-order valence-electron chi connectivity index (χ4n) is 5.06. The van der Waals surface area contributed by atoms with Gasteiger partial charge in [0.2, 0.25) is 11.8 Å². The molecule has 2 atom stereocenters. The minimum atomic E-state index is -0.421. The minimum absolute atomic E-state index is 0.154. The molecule has 2 amide bonds. The summed E-state index contributed by atoms with van der Waals surface area (Å²) in [5, 5.41) is 0. The summed E-state index contributed by atoms with van der Waals surface area (Å²) in [6, 6.07) is 5.91. The summed E-state index contributed by atoms with van der Waals surface area (Å²) in [4.78, 5) is 36.7. The third kappa shape index (κ3) is 3.19. The van der Waals surface area contributed by atoms with E-state index in [1.165, 1.54) is 6.42 Å². The molecule has 2 saturated heterocycles. The van der Waals surface area contributed by atoms with E-state index in [1.54, 1.807) is 11.1 Å². The summed E-state index contributed by atoms with van der Waals surface area (Å²) >= 11 is 0. The van der Waals surface area contributed by atoms with E-state index in [4.69, 9.17) is 0 Å². The van der Waals surface area contributed by atoms with E-state index in [9.17, 15) is 9.59 Å². The van der Waals surface area contributed by atoms with E-state index in [0.717, 1.165) is 44.6 Å². The number of amides is 2. The van der Waals surface area contributed by atoms with Gasteiger partial charge in [0, 0.05) is 58.3 Å². The van der Waals surface area contributed by atoms with Gasteiger partial charge in [-0.2, -0.15) is 0 Å². The highest BCUT2D eigenvalue weighted by molar-refractivity contribution is 5.85. The number of anilines is 1. The number of hydrogen-bond acceptors (Lipinski definition) is 4. The minimum Gasteiger partial charge on any atom is -0.355 e. The Morgan fingerprint density at radius 1 is 1.19 bits per heavy atom. The smallest absolute Gasteiger partial charge is 0.230 e. The molecule has 1 aromatic heterocycles. The molecule has 0 N–H and O–H groups in total. The number of carbonyl (C=O) groups is 2. The molecular weight excluding hydrogens is 340 g/mol. The fourth-order valence-corrected chi connectivity index (χ4v) is 5.06. The van der Waals surface area contributed by atoms with E-state index >= 15 is 0 Å². The van der Waals surface area contributed by atoms with Crippen LogP contribution in [0.3, 0.4) is 0 Å². The molecule has 2 aliphatic heterocycles. The maximum absolute atomic E-state index is 13.3. The van der Waals surface area contributed by atoms with Crippen LogP contribution in [0.2, 0.25) is 0 Å². The standard InChI is InChI=1S/C21H30N4O2/c1-23(2)20(27)21-10-6-12-24(19(26)16-7-5-8-16)13-17(21)14-25(15-21)18-9-3-4-11-22-18/h3-4,9,11,16-17H,5-8,10,12-15H2,1-2H3/t17-,21-/m0/s1. The van der Waals surface area contributed by atoms with Crippen LogP contribution in [-0.4, -0.2) is 66.9 Å². The molecule has 0 radical (unpaired) electrons. The van der Waals surface area contributed by atoms with Crippen LogP contribution >= 0.6 is 0 Å². The number of nitrogens with zero attached hydrogens (tertiary/aromatic N) is 4. The van der Waals surface area contributed by atoms with E-state index in [0.29, 0.717) is 19.0 Å². The summed E-state index contributed by atoms with van der Waals surface area (Å²) in [5.41, 5.74) is -0.421. The third-order valence-corrected chi connectivity index (χ3v) is 6.76. The molecule has 3 aliphatic rings. The van der Waals surface area contributed by atoms with Gasteiger partial charge in [0.1, 0.15) is 5.82 Å². The Labute approximate surface area is 161 Å². The first-order chi connectivity index (χ1) is 13.0. The van der Waals surface area contributed by atoms with Crippen molar-refractivity contribution in [2.45, 2.75) is 32.1 Å². The van der Waals surface area contributed by atoms with Crippen molar-refractivity contribution in [3.05, 3.63) is 24.4 Å². The van der Waals surface area contributed by atoms with Crippen LogP contribution in [0.25, 0.3) is 0 Å². The van der Waals surface area contributed by atoms with Crippen LogP contribution in [0, 0.1) is 17.3 Å². The lowest BCUT2D eigenvalue weighted by Crippen LogP contribution is -2.48. The second-order valence-corrected chi connectivity index (χ2v) is 8.64. The first-order valence-corrected chi connectivity index (χ1v) is 10.2. The normalized spacial score (nSPS) is 28.3. The third-order valence-electron chi connectivity index (χ3n) is 6.76. The van der Waals surface area contributed by atoms with Gasteiger partial charge in [-0.25, -0.2) is 4.98 Å².